The Bertz CT molecular complexity index is 553. The molecule has 2 N–H and O–H groups in total. The molecule has 1 aromatic carbocycles. The number of hydrogen-bond donors (Lipinski definition) is 2. The first-order valence-electron chi connectivity index (χ1n) is 7.94. The van der Waals surface area contributed by atoms with Crippen LogP contribution < -0.4 is 10.6 Å². The van der Waals surface area contributed by atoms with Crippen molar-refractivity contribution in [2.45, 2.75) is 32.4 Å². The van der Waals surface area contributed by atoms with Crippen LogP contribution in [0.25, 0.3) is 0 Å². The van der Waals surface area contributed by atoms with Crippen molar-refractivity contribution in [1.29, 1.82) is 0 Å². The molecule has 2 atom stereocenters. The quantitative estimate of drug-likeness (QED) is 0.863. The first-order valence-corrected chi connectivity index (χ1v) is 8.31. The minimum absolute atomic E-state index is 0.00978. The Labute approximate surface area is 142 Å². The standard InChI is InChI=1S/C17H24ClN3O2/c1-11(2)15(17(23)21(3)14-8-9-19-10-14)20-16(22)12-4-6-13(18)7-5-12/h4-7,11,14-15,19H,8-10H2,1-3H3,(H,20,22). The van der Waals surface area contributed by atoms with Crippen LogP contribution in [0.4, 0.5) is 0 Å². The lowest BCUT2D eigenvalue weighted by molar-refractivity contribution is -0.134. The minimum Gasteiger partial charge on any atom is -0.340 e. The van der Waals surface area contributed by atoms with Crippen LogP contribution in [0.5, 0.6) is 0 Å². The summed E-state index contributed by atoms with van der Waals surface area (Å²) in [5.41, 5.74) is 0.498. The topological polar surface area (TPSA) is 61.4 Å². The number of nitrogens with zero attached hydrogens (tertiary/aromatic N) is 1. The highest BCUT2D eigenvalue weighted by Crippen LogP contribution is 2.14. The van der Waals surface area contributed by atoms with Gasteiger partial charge in [0.15, 0.2) is 0 Å². The monoisotopic (exact) mass is 337 g/mol. The largest absolute Gasteiger partial charge is 0.340 e. The van der Waals surface area contributed by atoms with Crippen LogP contribution in [0.2, 0.25) is 5.02 Å². The summed E-state index contributed by atoms with van der Waals surface area (Å²) in [4.78, 5) is 26.9. The van der Waals surface area contributed by atoms with Gasteiger partial charge in [-0.2, -0.15) is 0 Å². The van der Waals surface area contributed by atoms with E-state index in [-0.39, 0.29) is 23.8 Å². The van der Waals surface area contributed by atoms with E-state index in [1.165, 1.54) is 0 Å². The highest BCUT2D eigenvalue weighted by atomic mass is 35.5. The number of benzene rings is 1. The van der Waals surface area contributed by atoms with E-state index in [0.29, 0.717) is 10.6 Å². The zero-order chi connectivity index (χ0) is 17.0. The molecule has 1 aromatic rings. The number of amides is 2. The Morgan fingerprint density at radius 3 is 2.48 bits per heavy atom. The maximum absolute atomic E-state index is 12.8. The summed E-state index contributed by atoms with van der Waals surface area (Å²) >= 11 is 5.84. The molecule has 2 amide bonds. The molecule has 0 aromatic heterocycles. The van der Waals surface area contributed by atoms with Crippen LogP contribution in [0.3, 0.4) is 0 Å². The van der Waals surface area contributed by atoms with Crippen LogP contribution in [-0.4, -0.2) is 48.9 Å². The smallest absolute Gasteiger partial charge is 0.251 e. The van der Waals surface area contributed by atoms with Crippen LogP contribution in [-0.2, 0) is 4.79 Å². The number of likely N-dealkylation sites (N-methyl/N-ethyl adjacent to an activating group) is 1. The van der Waals surface area contributed by atoms with Gasteiger partial charge in [0, 0.05) is 30.2 Å². The number of rotatable bonds is 5. The van der Waals surface area contributed by atoms with Crippen LogP contribution in [0, 0.1) is 5.92 Å². The highest BCUT2D eigenvalue weighted by molar-refractivity contribution is 6.30. The third kappa shape index (κ3) is 4.45. The number of halogens is 1. The molecule has 0 bridgehead atoms. The van der Waals surface area contributed by atoms with E-state index in [0.717, 1.165) is 19.5 Å². The first-order chi connectivity index (χ1) is 10.9. The van der Waals surface area contributed by atoms with Crippen molar-refractivity contribution in [1.82, 2.24) is 15.5 Å². The lowest BCUT2D eigenvalue weighted by Crippen LogP contribution is -2.53. The molecule has 1 aliphatic heterocycles. The van der Waals surface area contributed by atoms with Crippen molar-refractivity contribution in [3.63, 3.8) is 0 Å². The molecule has 1 fully saturated rings. The summed E-state index contributed by atoms with van der Waals surface area (Å²) in [7, 11) is 1.81. The maximum Gasteiger partial charge on any atom is 0.251 e. The number of carbonyl (C=O) groups is 2. The van der Waals surface area contributed by atoms with Crippen molar-refractivity contribution in [3.8, 4) is 0 Å². The number of carbonyl (C=O) groups excluding carboxylic acids is 2. The van der Waals surface area contributed by atoms with E-state index < -0.39 is 6.04 Å². The number of nitrogens with one attached hydrogen (secondary N) is 2. The molecule has 23 heavy (non-hydrogen) atoms. The molecule has 1 heterocycles. The fourth-order valence-electron chi connectivity index (χ4n) is 2.71. The van der Waals surface area contributed by atoms with Gasteiger partial charge in [0.25, 0.3) is 5.91 Å². The van der Waals surface area contributed by atoms with Gasteiger partial charge >= 0.3 is 0 Å². The molecule has 2 unspecified atom stereocenters. The predicted molar refractivity (Wildman–Crippen MR) is 91.6 cm³/mol. The van der Waals surface area contributed by atoms with Gasteiger partial charge in [-0.25, -0.2) is 0 Å². The lowest BCUT2D eigenvalue weighted by atomic mass is 10.0. The first kappa shape index (κ1) is 17.8. The van der Waals surface area contributed by atoms with E-state index in [1.54, 1.807) is 29.2 Å². The minimum atomic E-state index is -0.538. The van der Waals surface area contributed by atoms with Gasteiger partial charge in [-0.1, -0.05) is 25.4 Å². The third-order valence-electron chi connectivity index (χ3n) is 4.26. The predicted octanol–water partition coefficient (Wildman–Crippen LogP) is 1.91. The lowest BCUT2D eigenvalue weighted by Gasteiger charge is -2.30. The molecular weight excluding hydrogens is 314 g/mol. The zero-order valence-electron chi connectivity index (χ0n) is 13.8. The molecule has 126 valence electrons. The SMILES string of the molecule is CC(C)C(NC(=O)c1ccc(Cl)cc1)C(=O)N(C)C1CCNC1. The van der Waals surface area contributed by atoms with Crippen LogP contribution in [0.1, 0.15) is 30.6 Å². The molecule has 2 rings (SSSR count). The summed E-state index contributed by atoms with van der Waals surface area (Å²) in [5, 5.41) is 6.69. The van der Waals surface area contributed by atoms with Gasteiger partial charge in [-0.05, 0) is 43.1 Å². The molecule has 0 aliphatic carbocycles. The Morgan fingerprint density at radius 2 is 1.96 bits per heavy atom. The maximum atomic E-state index is 12.8. The van der Waals surface area contributed by atoms with Crippen LogP contribution in [0.15, 0.2) is 24.3 Å². The van der Waals surface area contributed by atoms with E-state index in [1.807, 2.05) is 20.9 Å². The second-order valence-corrected chi connectivity index (χ2v) is 6.73. The second kappa shape index (κ2) is 7.79. The molecule has 1 aliphatic rings. The van der Waals surface area contributed by atoms with Crippen molar-refractivity contribution in [2.75, 3.05) is 20.1 Å². The average Bonchev–Trinajstić information content (AvgIpc) is 3.05. The summed E-state index contributed by atoms with van der Waals surface area (Å²) in [6.07, 6.45) is 0.943. The highest BCUT2D eigenvalue weighted by Gasteiger charge is 2.31. The van der Waals surface area contributed by atoms with E-state index in [2.05, 4.69) is 10.6 Å². The molecule has 0 spiro atoms. The average molecular weight is 338 g/mol. The van der Waals surface area contributed by atoms with E-state index in [9.17, 15) is 9.59 Å². The molecular formula is C17H24ClN3O2. The van der Waals surface area contributed by atoms with Crippen LogP contribution >= 0.6 is 11.6 Å². The summed E-state index contributed by atoms with van der Waals surface area (Å²) in [5.74, 6) is -0.293. The van der Waals surface area contributed by atoms with Gasteiger partial charge in [-0.15, -0.1) is 0 Å². The van der Waals surface area contributed by atoms with Crippen molar-refractivity contribution < 1.29 is 9.59 Å². The molecule has 1 saturated heterocycles. The summed E-state index contributed by atoms with van der Waals surface area (Å²) in [6.45, 7) is 5.60. The van der Waals surface area contributed by atoms with E-state index >= 15 is 0 Å². The molecule has 0 saturated carbocycles. The zero-order valence-corrected chi connectivity index (χ0v) is 14.6. The second-order valence-electron chi connectivity index (χ2n) is 6.30. The molecule has 6 heteroatoms. The van der Waals surface area contributed by atoms with Gasteiger partial charge in [-0.3, -0.25) is 9.59 Å². The van der Waals surface area contributed by atoms with Gasteiger partial charge < -0.3 is 15.5 Å². The fourth-order valence-corrected chi connectivity index (χ4v) is 2.83. The molecule has 0 radical (unpaired) electrons. The normalized spacial score (nSPS) is 18.7. The number of hydrogen-bond acceptors (Lipinski definition) is 3. The van der Waals surface area contributed by atoms with Gasteiger partial charge in [0.05, 0.1) is 0 Å². The Morgan fingerprint density at radius 1 is 1.30 bits per heavy atom. The third-order valence-corrected chi connectivity index (χ3v) is 4.51. The summed E-state index contributed by atoms with van der Waals surface area (Å²) < 4.78 is 0. The Balaban J connectivity index is 2.06. The van der Waals surface area contributed by atoms with Gasteiger partial charge in [0.1, 0.15) is 6.04 Å². The van der Waals surface area contributed by atoms with Gasteiger partial charge in [0.2, 0.25) is 5.91 Å². The van der Waals surface area contributed by atoms with Crippen molar-refractivity contribution >= 4 is 23.4 Å². The van der Waals surface area contributed by atoms with E-state index in [4.69, 9.17) is 11.6 Å². The van der Waals surface area contributed by atoms with Crippen molar-refractivity contribution in [3.05, 3.63) is 34.9 Å². The summed E-state index contributed by atoms with van der Waals surface area (Å²) in [6, 6.07) is 6.30. The fraction of sp³-hybridized carbons (Fsp3) is 0.529. The van der Waals surface area contributed by atoms with Crippen molar-refractivity contribution in [2.24, 2.45) is 5.92 Å². The Kier molecular flexibility index (Phi) is 6.02. The molecule has 5 nitrogen and oxygen atoms in total. The Hall–Kier alpha value is -1.59.